The van der Waals surface area contributed by atoms with Crippen LogP contribution in [-0.2, 0) is 4.79 Å². The second-order valence-electron chi connectivity index (χ2n) is 6.25. The number of para-hydroxylation sites is 1. The van der Waals surface area contributed by atoms with Gasteiger partial charge >= 0.3 is 0 Å². The van der Waals surface area contributed by atoms with E-state index < -0.39 is 11.0 Å². The summed E-state index contributed by atoms with van der Waals surface area (Å²) in [6, 6.07) is 12.7. The van der Waals surface area contributed by atoms with Crippen LogP contribution in [0.15, 0.2) is 48.5 Å². The monoisotopic (exact) mass is 368 g/mol. The number of hydrogen-bond acceptors (Lipinski definition) is 5. The zero-order chi connectivity index (χ0) is 19.4. The van der Waals surface area contributed by atoms with Gasteiger partial charge in [0.1, 0.15) is 11.7 Å². The van der Waals surface area contributed by atoms with Crippen LogP contribution >= 0.6 is 0 Å². The molecule has 1 aliphatic rings. The molecule has 0 unspecified atom stereocenters. The van der Waals surface area contributed by atoms with Gasteiger partial charge in [0.25, 0.3) is 11.6 Å². The van der Waals surface area contributed by atoms with E-state index in [4.69, 9.17) is 0 Å². The molecule has 2 amide bonds. The van der Waals surface area contributed by atoms with E-state index in [2.05, 4.69) is 10.6 Å². The average Bonchev–Trinajstić information content (AvgIpc) is 3.17. The van der Waals surface area contributed by atoms with Crippen molar-refractivity contribution in [3.05, 3.63) is 64.2 Å². The van der Waals surface area contributed by atoms with Gasteiger partial charge in [-0.2, -0.15) is 0 Å². The van der Waals surface area contributed by atoms with Crippen molar-refractivity contribution in [2.24, 2.45) is 0 Å². The Morgan fingerprint density at radius 3 is 2.59 bits per heavy atom. The summed E-state index contributed by atoms with van der Waals surface area (Å²) >= 11 is 0. The lowest BCUT2D eigenvalue weighted by atomic mass is 10.1. The fourth-order valence-electron chi connectivity index (χ4n) is 3.22. The van der Waals surface area contributed by atoms with E-state index in [0.29, 0.717) is 30.8 Å². The summed E-state index contributed by atoms with van der Waals surface area (Å²) in [5.74, 6) is -0.639. The molecule has 3 rings (SSSR count). The van der Waals surface area contributed by atoms with Gasteiger partial charge in [-0.3, -0.25) is 19.7 Å². The first-order valence-corrected chi connectivity index (χ1v) is 8.64. The Bertz CT molecular complexity index is 869. The van der Waals surface area contributed by atoms with Gasteiger partial charge < -0.3 is 15.5 Å². The number of anilines is 2. The van der Waals surface area contributed by atoms with E-state index >= 15 is 0 Å². The predicted molar refractivity (Wildman–Crippen MR) is 102 cm³/mol. The van der Waals surface area contributed by atoms with Gasteiger partial charge in [0.2, 0.25) is 5.91 Å². The molecule has 2 N–H and O–H groups in total. The number of benzene rings is 2. The third-order valence-electron chi connectivity index (χ3n) is 4.57. The van der Waals surface area contributed by atoms with E-state index in [1.165, 1.54) is 23.1 Å². The molecule has 1 aliphatic heterocycles. The molecule has 1 fully saturated rings. The molecule has 140 valence electrons. The topological polar surface area (TPSA) is 105 Å². The molecule has 1 heterocycles. The quantitative estimate of drug-likeness (QED) is 0.624. The second-order valence-corrected chi connectivity index (χ2v) is 6.25. The number of rotatable bonds is 5. The van der Waals surface area contributed by atoms with Crippen LogP contribution in [0.25, 0.3) is 0 Å². The number of nitro benzene ring substituents is 1. The van der Waals surface area contributed by atoms with E-state index in [1.807, 2.05) is 18.2 Å². The van der Waals surface area contributed by atoms with Crippen molar-refractivity contribution >= 4 is 28.9 Å². The molecule has 1 atom stereocenters. The molecule has 2 aromatic rings. The molecular weight excluding hydrogens is 348 g/mol. The summed E-state index contributed by atoms with van der Waals surface area (Å²) < 4.78 is 0. The Morgan fingerprint density at radius 2 is 1.93 bits per heavy atom. The Kier molecular flexibility index (Phi) is 5.35. The molecule has 0 saturated carbocycles. The number of amides is 2. The zero-order valence-electron chi connectivity index (χ0n) is 14.8. The van der Waals surface area contributed by atoms with Gasteiger partial charge in [-0.1, -0.05) is 18.2 Å². The Balaban J connectivity index is 1.80. The minimum Gasteiger partial charge on any atom is -0.383 e. The van der Waals surface area contributed by atoms with Crippen molar-refractivity contribution < 1.29 is 14.5 Å². The molecule has 0 aromatic heterocycles. The highest BCUT2D eigenvalue weighted by atomic mass is 16.6. The van der Waals surface area contributed by atoms with Gasteiger partial charge in [0.15, 0.2) is 0 Å². The number of carbonyl (C=O) groups is 2. The van der Waals surface area contributed by atoms with E-state index in [1.54, 1.807) is 19.2 Å². The van der Waals surface area contributed by atoms with Crippen LogP contribution in [0, 0.1) is 10.1 Å². The number of hydrogen-bond donors (Lipinski definition) is 2. The standard InChI is InChI=1S/C19H20N4O4/c1-20-15-10-9-13(12-17(15)23(26)27)19(25)22-11-5-8-16(22)18(24)21-14-6-3-2-4-7-14/h2-4,6-7,9-10,12,16,20H,5,8,11H2,1H3,(H,21,24)/t16-/m1/s1. The zero-order valence-corrected chi connectivity index (χ0v) is 14.8. The third-order valence-corrected chi connectivity index (χ3v) is 4.57. The fraction of sp³-hybridized carbons (Fsp3) is 0.263. The van der Waals surface area contributed by atoms with Crippen LogP contribution in [0.4, 0.5) is 17.1 Å². The summed E-state index contributed by atoms with van der Waals surface area (Å²) in [4.78, 5) is 37.7. The summed E-state index contributed by atoms with van der Waals surface area (Å²) in [7, 11) is 1.58. The summed E-state index contributed by atoms with van der Waals surface area (Å²) in [6.07, 6.45) is 1.26. The van der Waals surface area contributed by atoms with E-state index in [-0.39, 0.29) is 23.1 Å². The van der Waals surface area contributed by atoms with Crippen molar-refractivity contribution in [2.45, 2.75) is 18.9 Å². The van der Waals surface area contributed by atoms with Crippen molar-refractivity contribution in [3.63, 3.8) is 0 Å². The second kappa shape index (κ2) is 7.86. The van der Waals surface area contributed by atoms with Crippen LogP contribution in [-0.4, -0.2) is 41.3 Å². The van der Waals surface area contributed by atoms with Crippen molar-refractivity contribution in [1.82, 2.24) is 4.90 Å². The Labute approximate surface area is 156 Å². The van der Waals surface area contributed by atoms with Crippen LogP contribution in [0.1, 0.15) is 23.2 Å². The maximum absolute atomic E-state index is 12.9. The number of nitro groups is 1. The summed E-state index contributed by atoms with van der Waals surface area (Å²) in [5, 5.41) is 16.8. The first kappa shape index (κ1) is 18.4. The number of likely N-dealkylation sites (tertiary alicyclic amines) is 1. The van der Waals surface area contributed by atoms with Crippen LogP contribution in [0.2, 0.25) is 0 Å². The predicted octanol–water partition coefficient (Wildman–Crippen LogP) is 2.88. The Hall–Kier alpha value is -3.42. The van der Waals surface area contributed by atoms with Crippen LogP contribution in [0.5, 0.6) is 0 Å². The first-order valence-electron chi connectivity index (χ1n) is 8.64. The maximum Gasteiger partial charge on any atom is 0.293 e. The molecule has 27 heavy (non-hydrogen) atoms. The molecule has 8 nitrogen and oxygen atoms in total. The van der Waals surface area contributed by atoms with E-state index in [9.17, 15) is 19.7 Å². The van der Waals surface area contributed by atoms with Gasteiger partial charge in [-0.25, -0.2) is 0 Å². The number of carbonyl (C=O) groups excluding carboxylic acids is 2. The van der Waals surface area contributed by atoms with Crippen molar-refractivity contribution in [1.29, 1.82) is 0 Å². The third kappa shape index (κ3) is 3.89. The fourth-order valence-corrected chi connectivity index (χ4v) is 3.22. The largest absolute Gasteiger partial charge is 0.383 e. The van der Waals surface area contributed by atoms with Gasteiger partial charge in [-0.05, 0) is 37.1 Å². The molecule has 0 bridgehead atoms. The molecular formula is C19H20N4O4. The molecule has 8 heteroatoms. The van der Waals surface area contributed by atoms with Crippen molar-refractivity contribution in [2.75, 3.05) is 24.2 Å². The Morgan fingerprint density at radius 1 is 1.19 bits per heavy atom. The highest BCUT2D eigenvalue weighted by molar-refractivity contribution is 6.02. The normalized spacial score (nSPS) is 16.0. The lowest BCUT2D eigenvalue weighted by molar-refractivity contribution is -0.384. The number of nitrogens with one attached hydrogen (secondary N) is 2. The molecule has 0 aliphatic carbocycles. The van der Waals surface area contributed by atoms with Gasteiger partial charge in [0, 0.05) is 30.9 Å². The lowest BCUT2D eigenvalue weighted by Crippen LogP contribution is -2.43. The molecule has 1 saturated heterocycles. The molecule has 0 radical (unpaired) electrons. The minimum atomic E-state index is -0.597. The average molecular weight is 368 g/mol. The first-order chi connectivity index (χ1) is 13.0. The summed E-state index contributed by atoms with van der Waals surface area (Å²) in [6.45, 7) is 0.438. The molecule has 2 aromatic carbocycles. The highest BCUT2D eigenvalue weighted by Gasteiger charge is 2.35. The van der Waals surface area contributed by atoms with Gasteiger partial charge in [-0.15, -0.1) is 0 Å². The molecule has 0 spiro atoms. The van der Waals surface area contributed by atoms with Crippen molar-refractivity contribution in [3.8, 4) is 0 Å². The minimum absolute atomic E-state index is 0.173. The number of nitrogens with zero attached hydrogens (tertiary/aromatic N) is 2. The van der Waals surface area contributed by atoms with E-state index in [0.717, 1.165) is 0 Å². The lowest BCUT2D eigenvalue weighted by Gasteiger charge is -2.24. The maximum atomic E-state index is 12.9. The van der Waals surface area contributed by atoms with Crippen LogP contribution in [0.3, 0.4) is 0 Å². The summed E-state index contributed by atoms with van der Waals surface area (Å²) in [5.41, 5.74) is 1.01. The smallest absolute Gasteiger partial charge is 0.293 e. The van der Waals surface area contributed by atoms with Gasteiger partial charge in [0.05, 0.1) is 4.92 Å². The highest BCUT2D eigenvalue weighted by Crippen LogP contribution is 2.28. The SMILES string of the molecule is CNc1ccc(C(=O)N2CCC[C@@H]2C(=O)Nc2ccccc2)cc1[N+](=O)[O-]. The van der Waals surface area contributed by atoms with Crippen LogP contribution < -0.4 is 10.6 Å².